The molecule has 2 aliphatic rings. The van der Waals surface area contributed by atoms with Gasteiger partial charge in [0.2, 0.25) is 0 Å². The fraction of sp³-hybridized carbons (Fsp3) is 0.917. The van der Waals surface area contributed by atoms with E-state index in [0.717, 1.165) is 45.9 Å². The minimum Gasteiger partial charge on any atom is -0.480 e. The van der Waals surface area contributed by atoms with E-state index >= 15 is 0 Å². The largest absolute Gasteiger partial charge is 0.480 e. The summed E-state index contributed by atoms with van der Waals surface area (Å²) in [7, 11) is 0. The number of piperazine rings is 1. The van der Waals surface area contributed by atoms with Crippen LogP contribution in [0.2, 0.25) is 0 Å². The topological polar surface area (TPSA) is 53.0 Å². The number of nitrogens with zero attached hydrogens (tertiary/aromatic N) is 2. The first-order valence-electron chi connectivity index (χ1n) is 6.48. The quantitative estimate of drug-likeness (QED) is 0.758. The molecule has 1 atom stereocenters. The molecule has 98 valence electrons. The summed E-state index contributed by atoms with van der Waals surface area (Å²) in [5, 5.41) is 8.72. The molecule has 1 N–H and O–H groups in total. The Bertz CT molecular complexity index is 246. The standard InChI is InChI=1S/C12H22N2O3/c15-12(16)9-14-5-3-13(4-6-14)8-11-2-1-7-17-10-11/h11H,1-10H2,(H,15,16). The van der Waals surface area contributed by atoms with Crippen LogP contribution >= 0.6 is 0 Å². The zero-order chi connectivity index (χ0) is 12.1. The molecule has 2 rings (SSSR count). The molecule has 0 amide bonds. The summed E-state index contributed by atoms with van der Waals surface area (Å²) >= 11 is 0. The fourth-order valence-electron chi connectivity index (χ4n) is 2.64. The molecule has 5 heteroatoms. The second kappa shape index (κ2) is 6.33. The Balaban J connectivity index is 1.66. The smallest absolute Gasteiger partial charge is 0.317 e. The van der Waals surface area contributed by atoms with Crippen LogP contribution in [0.4, 0.5) is 0 Å². The van der Waals surface area contributed by atoms with E-state index < -0.39 is 5.97 Å². The zero-order valence-electron chi connectivity index (χ0n) is 10.3. The molecule has 0 radical (unpaired) electrons. The molecule has 0 aliphatic carbocycles. The number of hydrogen-bond donors (Lipinski definition) is 1. The van der Waals surface area contributed by atoms with Crippen molar-refractivity contribution in [1.29, 1.82) is 0 Å². The number of carbonyl (C=O) groups is 1. The molecule has 2 saturated heterocycles. The molecule has 0 spiro atoms. The molecule has 17 heavy (non-hydrogen) atoms. The van der Waals surface area contributed by atoms with Gasteiger partial charge in [-0.2, -0.15) is 0 Å². The van der Waals surface area contributed by atoms with Gasteiger partial charge in [-0.25, -0.2) is 0 Å². The molecule has 0 bridgehead atoms. The van der Waals surface area contributed by atoms with Gasteiger partial charge in [-0.05, 0) is 18.8 Å². The van der Waals surface area contributed by atoms with E-state index in [1.165, 1.54) is 12.8 Å². The average molecular weight is 242 g/mol. The average Bonchev–Trinajstić information content (AvgIpc) is 2.32. The molecule has 2 heterocycles. The first-order chi connectivity index (χ1) is 8.24. The van der Waals surface area contributed by atoms with Gasteiger partial charge in [-0.1, -0.05) is 0 Å². The minimum atomic E-state index is -0.723. The van der Waals surface area contributed by atoms with Crippen LogP contribution in [-0.2, 0) is 9.53 Å². The van der Waals surface area contributed by atoms with Crippen LogP contribution < -0.4 is 0 Å². The number of carboxylic acids is 1. The van der Waals surface area contributed by atoms with E-state index in [4.69, 9.17) is 9.84 Å². The van der Waals surface area contributed by atoms with E-state index in [1.54, 1.807) is 0 Å². The highest BCUT2D eigenvalue weighted by atomic mass is 16.5. The van der Waals surface area contributed by atoms with Gasteiger partial charge >= 0.3 is 5.97 Å². The van der Waals surface area contributed by atoms with Crippen molar-refractivity contribution in [1.82, 2.24) is 9.80 Å². The molecule has 0 saturated carbocycles. The molecule has 2 aliphatic heterocycles. The second-order valence-corrected chi connectivity index (χ2v) is 5.05. The van der Waals surface area contributed by atoms with Crippen molar-refractivity contribution in [3.05, 3.63) is 0 Å². The van der Waals surface area contributed by atoms with Gasteiger partial charge in [0.15, 0.2) is 0 Å². The molecule has 2 fully saturated rings. The van der Waals surface area contributed by atoms with Crippen molar-refractivity contribution < 1.29 is 14.6 Å². The van der Waals surface area contributed by atoms with Crippen LogP contribution in [0.25, 0.3) is 0 Å². The molecular formula is C12H22N2O3. The summed E-state index contributed by atoms with van der Waals surface area (Å²) in [6.45, 7) is 6.84. The Kier molecular flexibility index (Phi) is 4.76. The highest BCUT2D eigenvalue weighted by Crippen LogP contribution is 2.15. The first kappa shape index (κ1) is 12.8. The predicted octanol–water partition coefficient (Wildman–Crippen LogP) is 0.115. The summed E-state index contributed by atoms with van der Waals surface area (Å²) in [5.74, 6) is -0.0473. The monoisotopic (exact) mass is 242 g/mol. The van der Waals surface area contributed by atoms with E-state index in [9.17, 15) is 4.79 Å². The number of aliphatic carboxylic acids is 1. The van der Waals surface area contributed by atoms with Gasteiger partial charge in [-0.3, -0.25) is 9.69 Å². The summed E-state index contributed by atoms with van der Waals surface area (Å²) < 4.78 is 5.48. The maximum atomic E-state index is 10.6. The van der Waals surface area contributed by atoms with Crippen molar-refractivity contribution >= 4 is 5.97 Å². The van der Waals surface area contributed by atoms with Gasteiger partial charge in [0, 0.05) is 39.3 Å². The highest BCUT2D eigenvalue weighted by molar-refractivity contribution is 5.69. The molecule has 1 unspecified atom stereocenters. The molecular weight excluding hydrogens is 220 g/mol. The molecule has 0 aromatic carbocycles. The maximum Gasteiger partial charge on any atom is 0.317 e. The van der Waals surface area contributed by atoms with Gasteiger partial charge in [-0.15, -0.1) is 0 Å². The van der Waals surface area contributed by atoms with Crippen LogP contribution in [0.15, 0.2) is 0 Å². The van der Waals surface area contributed by atoms with E-state index in [1.807, 2.05) is 4.90 Å². The molecule has 5 nitrogen and oxygen atoms in total. The van der Waals surface area contributed by atoms with E-state index in [-0.39, 0.29) is 6.54 Å². The molecule has 0 aromatic rings. The number of ether oxygens (including phenoxy) is 1. The van der Waals surface area contributed by atoms with Crippen LogP contribution in [0.3, 0.4) is 0 Å². The van der Waals surface area contributed by atoms with Crippen LogP contribution in [0, 0.1) is 5.92 Å². The third-order valence-corrected chi connectivity index (χ3v) is 3.59. The minimum absolute atomic E-state index is 0.181. The zero-order valence-corrected chi connectivity index (χ0v) is 10.3. The normalized spacial score (nSPS) is 28.1. The van der Waals surface area contributed by atoms with Crippen LogP contribution in [0.5, 0.6) is 0 Å². The summed E-state index contributed by atoms with van der Waals surface area (Å²) in [5.41, 5.74) is 0. The molecule has 0 aromatic heterocycles. The lowest BCUT2D eigenvalue weighted by atomic mass is 10.0. The Morgan fingerprint density at radius 2 is 1.94 bits per heavy atom. The summed E-state index contributed by atoms with van der Waals surface area (Å²) in [4.78, 5) is 15.0. The SMILES string of the molecule is O=C(O)CN1CCN(CC2CCCOC2)CC1. The number of hydrogen-bond acceptors (Lipinski definition) is 4. The van der Waals surface area contributed by atoms with Crippen LogP contribution in [-0.4, -0.2) is 73.4 Å². The Morgan fingerprint density at radius 3 is 2.53 bits per heavy atom. The lowest BCUT2D eigenvalue weighted by Gasteiger charge is -2.36. The highest BCUT2D eigenvalue weighted by Gasteiger charge is 2.22. The Hall–Kier alpha value is -0.650. The van der Waals surface area contributed by atoms with Gasteiger partial charge in [0.1, 0.15) is 0 Å². The number of rotatable bonds is 4. The van der Waals surface area contributed by atoms with Crippen molar-refractivity contribution in [3.8, 4) is 0 Å². The Morgan fingerprint density at radius 1 is 1.24 bits per heavy atom. The van der Waals surface area contributed by atoms with Crippen molar-refractivity contribution in [2.75, 3.05) is 52.5 Å². The lowest BCUT2D eigenvalue weighted by molar-refractivity contribution is -0.138. The number of carboxylic acid groups (broad SMARTS) is 1. The third-order valence-electron chi connectivity index (χ3n) is 3.59. The summed E-state index contributed by atoms with van der Waals surface area (Å²) in [6, 6.07) is 0. The Labute approximate surface area is 102 Å². The van der Waals surface area contributed by atoms with Gasteiger partial charge < -0.3 is 14.7 Å². The van der Waals surface area contributed by atoms with Crippen molar-refractivity contribution in [2.24, 2.45) is 5.92 Å². The van der Waals surface area contributed by atoms with E-state index in [0.29, 0.717) is 5.92 Å². The lowest BCUT2D eigenvalue weighted by Crippen LogP contribution is -2.49. The van der Waals surface area contributed by atoms with Crippen molar-refractivity contribution in [3.63, 3.8) is 0 Å². The third kappa shape index (κ3) is 4.26. The van der Waals surface area contributed by atoms with E-state index in [2.05, 4.69) is 4.90 Å². The van der Waals surface area contributed by atoms with Gasteiger partial charge in [0.05, 0.1) is 13.2 Å². The first-order valence-corrected chi connectivity index (χ1v) is 6.48. The maximum absolute atomic E-state index is 10.6. The summed E-state index contributed by atoms with van der Waals surface area (Å²) in [6.07, 6.45) is 2.46. The van der Waals surface area contributed by atoms with Crippen molar-refractivity contribution in [2.45, 2.75) is 12.8 Å². The fourth-order valence-corrected chi connectivity index (χ4v) is 2.64. The predicted molar refractivity (Wildman–Crippen MR) is 64.1 cm³/mol. The van der Waals surface area contributed by atoms with Gasteiger partial charge in [0.25, 0.3) is 0 Å². The second-order valence-electron chi connectivity index (χ2n) is 5.05. The van der Waals surface area contributed by atoms with Crippen LogP contribution in [0.1, 0.15) is 12.8 Å².